The van der Waals surface area contributed by atoms with Crippen molar-refractivity contribution in [2.45, 2.75) is 17.3 Å². The van der Waals surface area contributed by atoms with Crippen LogP contribution >= 0.6 is 39.0 Å². The minimum Gasteiger partial charge on any atom is -0.493 e. The molecule has 30 heavy (non-hydrogen) atoms. The summed E-state index contributed by atoms with van der Waals surface area (Å²) in [6, 6.07) is 18.0. The van der Waals surface area contributed by atoms with Gasteiger partial charge < -0.3 is 10.5 Å². The highest BCUT2D eigenvalue weighted by Crippen LogP contribution is 2.33. The predicted octanol–water partition coefficient (Wildman–Crippen LogP) is 4.82. The smallest absolute Gasteiger partial charge is 0.236 e. The van der Waals surface area contributed by atoms with E-state index >= 15 is 0 Å². The van der Waals surface area contributed by atoms with E-state index < -0.39 is 0 Å². The quantitative estimate of drug-likeness (QED) is 0.199. The fourth-order valence-corrected chi connectivity index (χ4v) is 4.49. The zero-order valence-electron chi connectivity index (χ0n) is 15.9. The number of nitrogens with two attached hydrogens (primary N) is 1. The first kappa shape index (κ1) is 20.8. The first-order valence-corrected chi connectivity index (χ1v) is 12.2. The lowest BCUT2D eigenvalue weighted by Crippen LogP contribution is -2.01. The van der Waals surface area contributed by atoms with Gasteiger partial charge in [-0.1, -0.05) is 81.5 Å². The van der Waals surface area contributed by atoms with Gasteiger partial charge in [-0.3, -0.25) is 0 Å². The van der Waals surface area contributed by atoms with Gasteiger partial charge in [-0.15, -0.1) is 15.3 Å². The SMILES string of the molecule is Nc1nc(SCc2ccccc2)nn1-c1nnc(-c2ccccc2OCCCBr)s1. The molecule has 0 unspecified atom stereocenters. The van der Waals surface area contributed by atoms with Gasteiger partial charge in [0.25, 0.3) is 0 Å². The number of para-hydroxylation sites is 1. The molecule has 10 heteroatoms. The first-order valence-electron chi connectivity index (χ1n) is 9.26. The molecule has 0 bridgehead atoms. The van der Waals surface area contributed by atoms with Gasteiger partial charge in [-0.25, -0.2) is 0 Å². The molecule has 0 aliphatic rings. The summed E-state index contributed by atoms with van der Waals surface area (Å²) < 4.78 is 7.43. The standard InChI is InChI=1S/C20H19BrN6OS2/c21-11-6-12-28-16-10-5-4-9-15(16)17-24-25-20(30-17)27-18(22)23-19(26-27)29-13-14-7-2-1-3-8-14/h1-5,7-10H,6,11-13H2,(H2,22,23,26). The van der Waals surface area contributed by atoms with Crippen molar-refractivity contribution in [1.29, 1.82) is 0 Å². The number of alkyl halides is 1. The second-order valence-electron chi connectivity index (χ2n) is 6.22. The Morgan fingerprint density at radius 2 is 1.87 bits per heavy atom. The zero-order valence-corrected chi connectivity index (χ0v) is 19.2. The molecule has 154 valence electrons. The molecule has 0 saturated heterocycles. The normalized spacial score (nSPS) is 11.0. The van der Waals surface area contributed by atoms with Gasteiger partial charge >= 0.3 is 0 Å². The summed E-state index contributed by atoms with van der Waals surface area (Å²) in [6.07, 6.45) is 0.925. The number of aromatic nitrogens is 5. The minimum atomic E-state index is 0.287. The van der Waals surface area contributed by atoms with E-state index in [1.54, 1.807) is 0 Å². The highest BCUT2D eigenvalue weighted by atomic mass is 79.9. The lowest BCUT2D eigenvalue weighted by molar-refractivity contribution is 0.320. The molecular formula is C20H19BrN6OS2. The third-order valence-corrected chi connectivity index (χ3v) is 6.47. The van der Waals surface area contributed by atoms with Crippen molar-refractivity contribution in [2.75, 3.05) is 17.7 Å². The Bertz CT molecular complexity index is 1100. The largest absolute Gasteiger partial charge is 0.493 e. The molecule has 0 saturated carbocycles. The zero-order chi connectivity index (χ0) is 20.8. The van der Waals surface area contributed by atoms with Crippen LogP contribution in [0.25, 0.3) is 15.7 Å². The predicted molar refractivity (Wildman–Crippen MR) is 125 cm³/mol. The molecule has 2 aromatic heterocycles. The summed E-state index contributed by atoms with van der Waals surface area (Å²) in [5, 5.41) is 15.9. The van der Waals surface area contributed by atoms with Crippen LogP contribution in [0, 0.1) is 0 Å². The van der Waals surface area contributed by atoms with Crippen molar-refractivity contribution in [2.24, 2.45) is 0 Å². The van der Waals surface area contributed by atoms with Crippen molar-refractivity contribution in [1.82, 2.24) is 25.0 Å². The van der Waals surface area contributed by atoms with Crippen LogP contribution in [-0.2, 0) is 5.75 Å². The number of nitrogen functional groups attached to an aromatic ring is 1. The van der Waals surface area contributed by atoms with Crippen molar-refractivity contribution < 1.29 is 4.74 Å². The average Bonchev–Trinajstić information content (AvgIpc) is 3.40. The fraction of sp³-hybridized carbons (Fsp3) is 0.200. The van der Waals surface area contributed by atoms with Crippen LogP contribution in [0.5, 0.6) is 5.75 Å². The first-order chi connectivity index (χ1) is 14.7. The van der Waals surface area contributed by atoms with Crippen molar-refractivity contribution in [3.63, 3.8) is 0 Å². The van der Waals surface area contributed by atoms with Crippen molar-refractivity contribution in [3.05, 3.63) is 60.2 Å². The number of ether oxygens (including phenoxy) is 1. The van der Waals surface area contributed by atoms with Crippen molar-refractivity contribution >= 4 is 45.0 Å². The summed E-state index contributed by atoms with van der Waals surface area (Å²) in [7, 11) is 0. The molecule has 0 radical (unpaired) electrons. The average molecular weight is 503 g/mol. The Hall–Kier alpha value is -2.43. The van der Waals surface area contributed by atoms with Crippen LogP contribution < -0.4 is 10.5 Å². The Balaban J connectivity index is 1.51. The molecule has 0 atom stereocenters. The number of nitrogens with zero attached hydrogens (tertiary/aromatic N) is 5. The lowest BCUT2D eigenvalue weighted by atomic mass is 10.2. The van der Waals surface area contributed by atoms with E-state index in [2.05, 4.69) is 48.3 Å². The molecular weight excluding hydrogens is 484 g/mol. The molecule has 2 heterocycles. The minimum absolute atomic E-state index is 0.287. The number of hydrogen-bond donors (Lipinski definition) is 1. The maximum atomic E-state index is 6.09. The fourth-order valence-electron chi connectivity index (χ4n) is 2.64. The molecule has 7 nitrogen and oxygen atoms in total. The summed E-state index contributed by atoms with van der Waals surface area (Å²) in [5.74, 6) is 1.84. The van der Waals surface area contributed by atoms with E-state index in [0.717, 1.165) is 33.8 Å². The van der Waals surface area contributed by atoms with E-state index in [-0.39, 0.29) is 5.95 Å². The summed E-state index contributed by atoms with van der Waals surface area (Å²) in [5.41, 5.74) is 8.18. The molecule has 0 spiro atoms. The Morgan fingerprint density at radius 1 is 1.07 bits per heavy atom. The van der Waals surface area contributed by atoms with Crippen LogP contribution in [0.3, 0.4) is 0 Å². The van der Waals surface area contributed by atoms with E-state index in [1.807, 2.05) is 42.5 Å². The Labute approximate surface area is 190 Å². The molecule has 0 fully saturated rings. The molecule has 2 aromatic carbocycles. The summed E-state index contributed by atoms with van der Waals surface area (Å²) in [6.45, 7) is 0.631. The van der Waals surface area contributed by atoms with Crippen LogP contribution in [0.4, 0.5) is 5.95 Å². The molecule has 0 aliphatic carbocycles. The van der Waals surface area contributed by atoms with Crippen molar-refractivity contribution in [3.8, 4) is 21.5 Å². The van der Waals surface area contributed by atoms with Crippen LogP contribution in [0.1, 0.15) is 12.0 Å². The Morgan fingerprint density at radius 3 is 2.70 bits per heavy atom. The number of rotatable bonds is 9. The van der Waals surface area contributed by atoms with E-state index in [0.29, 0.717) is 16.9 Å². The third kappa shape index (κ3) is 5.00. The highest BCUT2D eigenvalue weighted by Gasteiger charge is 2.17. The van der Waals surface area contributed by atoms with E-state index in [9.17, 15) is 0 Å². The summed E-state index contributed by atoms with van der Waals surface area (Å²) in [4.78, 5) is 4.35. The monoisotopic (exact) mass is 502 g/mol. The molecule has 2 N–H and O–H groups in total. The highest BCUT2D eigenvalue weighted by molar-refractivity contribution is 9.09. The molecule has 4 aromatic rings. The third-order valence-electron chi connectivity index (χ3n) is 4.07. The number of anilines is 1. The molecule has 4 rings (SSSR count). The topological polar surface area (TPSA) is 91.7 Å². The van der Waals surface area contributed by atoms with Gasteiger partial charge in [0, 0.05) is 11.1 Å². The van der Waals surface area contributed by atoms with E-state index in [1.165, 1.54) is 33.3 Å². The van der Waals surface area contributed by atoms with Gasteiger partial charge in [-0.05, 0) is 24.1 Å². The van der Waals surface area contributed by atoms with Gasteiger partial charge in [0.15, 0.2) is 5.01 Å². The van der Waals surface area contributed by atoms with Crippen LogP contribution in [-0.4, -0.2) is 36.9 Å². The number of benzene rings is 2. The second-order valence-corrected chi connectivity index (χ2v) is 8.91. The maximum absolute atomic E-state index is 6.09. The Kier molecular flexibility index (Phi) is 6.98. The second kappa shape index (κ2) is 10.1. The lowest BCUT2D eigenvalue weighted by Gasteiger charge is -2.08. The van der Waals surface area contributed by atoms with Gasteiger partial charge in [0.2, 0.25) is 16.2 Å². The van der Waals surface area contributed by atoms with Gasteiger partial charge in [0.1, 0.15) is 5.75 Å². The van der Waals surface area contributed by atoms with Crippen LogP contribution in [0.15, 0.2) is 59.8 Å². The summed E-state index contributed by atoms with van der Waals surface area (Å²) >= 11 is 6.34. The number of halogens is 1. The van der Waals surface area contributed by atoms with Crippen LogP contribution in [0.2, 0.25) is 0 Å². The van der Waals surface area contributed by atoms with Gasteiger partial charge in [-0.2, -0.15) is 9.67 Å². The molecule has 0 aliphatic heterocycles. The molecule has 0 amide bonds. The van der Waals surface area contributed by atoms with E-state index in [4.69, 9.17) is 10.5 Å². The maximum Gasteiger partial charge on any atom is 0.236 e. The number of hydrogen-bond acceptors (Lipinski definition) is 8. The van der Waals surface area contributed by atoms with Gasteiger partial charge in [0.05, 0.1) is 12.2 Å². The number of thioether (sulfide) groups is 1.